The first kappa shape index (κ1) is 15.9. The molecule has 3 aromatic rings. The Morgan fingerprint density at radius 1 is 1.00 bits per heavy atom. The number of benzene rings is 2. The molecule has 0 aliphatic carbocycles. The highest BCUT2D eigenvalue weighted by Gasteiger charge is 2.11. The normalized spacial score (nSPS) is 11.1. The topological polar surface area (TPSA) is 46.8 Å². The number of hydrogen-bond donors (Lipinski definition) is 0. The molecule has 0 radical (unpaired) electrons. The highest BCUT2D eigenvalue weighted by Crippen LogP contribution is 2.23. The zero-order valence-corrected chi connectivity index (χ0v) is 14.0. The van der Waals surface area contributed by atoms with Gasteiger partial charge in [0.15, 0.2) is 5.82 Å². The van der Waals surface area contributed by atoms with Gasteiger partial charge in [0.1, 0.15) is 0 Å². The van der Waals surface area contributed by atoms with E-state index >= 15 is 0 Å². The van der Waals surface area contributed by atoms with Gasteiger partial charge in [0.2, 0.25) is 0 Å². The van der Waals surface area contributed by atoms with Crippen LogP contribution in [0.25, 0.3) is 5.69 Å². The van der Waals surface area contributed by atoms with E-state index in [1.165, 1.54) is 0 Å². The monoisotopic (exact) mass is 347 g/mol. The number of nitrogens with zero attached hydrogens (tertiary/aromatic N) is 5. The summed E-state index contributed by atoms with van der Waals surface area (Å²) in [5.41, 5.74) is 2.02. The molecule has 0 unspecified atom stereocenters. The third-order valence-electron chi connectivity index (χ3n) is 3.38. The summed E-state index contributed by atoms with van der Waals surface area (Å²) in [6.07, 6.45) is 0. The van der Waals surface area contributed by atoms with Crippen molar-refractivity contribution >= 4 is 23.2 Å². The second-order valence-corrected chi connectivity index (χ2v) is 6.08. The van der Waals surface area contributed by atoms with Crippen LogP contribution in [0.15, 0.2) is 48.5 Å². The number of tetrazole rings is 1. The van der Waals surface area contributed by atoms with Gasteiger partial charge >= 0.3 is 0 Å². The molecular weight excluding hydrogens is 333 g/mol. The van der Waals surface area contributed by atoms with Crippen LogP contribution in [0.5, 0.6) is 0 Å². The van der Waals surface area contributed by atoms with Crippen molar-refractivity contribution in [2.75, 3.05) is 7.05 Å². The molecule has 0 saturated carbocycles. The van der Waals surface area contributed by atoms with E-state index in [9.17, 15) is 0 Å². The first-order valence-corrected chi connectivity index (χ1v) is 7.84. The van der Waals surface area contributed by atoms with Crippen molar-refractivity contribution in [3.8, 4) is 5.69 Å². The minimum absolute atomic E-state index is 0.561. The van der Waals surface area contributed by atoms with Crippen molar-refractivity contribution in [2.24, 2.45) is 0 Å². The molecule has 7 heteroatoms. The summed E-state index contributed by atoms with van der Waals surface area (Å²) < 4.78 is 1.74. The number of hydrogen-bond acceptors (Lipinski definition) is 4. The maximum absolute atomic E-state index is 6.06. The molecule has 0 fully saturated rings. The molecule has 2 aromatic carbocycles. The van der Waals surface area contributed by atoms with Crippen LogP contribution in [0.4, 0.5) is 0 Å². The molecule has 5 nitrogen and oxygen atoms in total. The molecule has 0 aliphatic rings. The van der Waals surface area contributed by atoms with Gasteiger partial charge in [0.25, 0.3) is 0 Å². The summed E-state index contributed by atoms with van der Waals surface area (Å²) in [4.78, 5) is 2.12. The second kappa shape index (κ2) is 7.08. The Bertz CT molecular complexity index is 788. The molecule has 3 rings (SSSR count). The average molecular weight is 348 g/mol. The van der Waals surface area contributed by atoms with Gasteiger partial charge < -0.3 is 0 Å². The predicted molar refractivity (Wildman–Crippen MR) is 90.8 cm³/mol. The fraction of sp³-hybridized carbons (Fsp3) is 0.188. The van der Waals surface area contributed by atoms with Crippen molar-refractivity contribution in [1.82, 2.24) is 25.1 Å². The molecule has 1 aromatic heterocycles. The molecular formula is C16H15Cl2N5. The Kier molecular flexibility index (Phi) is 4.91. The largest absolute Gasteiger partial charge is 0.295 e. The van der Waals surface area contributed by atoms with Crippen LogP contribution in [0, 0.1) is 0 Å². The Balaban J connectivity index is 1.72. The van der Waals surface area contributed by atoms with Crippen molar-refractivity contribution in [3.63, 3.8) is 0 Å². The van der Waals surface area contributed by atoms with E-state index in [0.717, 1.165) is 23.6 Å². The summed E-state index contributed by atoms with van der Waals surface area (Å²) in [6.45, 7) is 1.33. The van der Waals surface area contributed by atoms with Crippen LogP contribution < -0.4 is 0 Å². The summed E-state index contributed by atoms with van der Waals surface area (Å²) in [6, 6.07) is 15.5. The highest BCUT2D eigenvalue weighted by molar-refractivity contribution is 6.42. The lowest BCUT2D eigenvalue weighted by Crippen LogP contribution is -2.20. The molecule has 0 N–H and O–H groups in total. The third-order valence-corrected chi connectivity index (χ3v) is 4.12. The molecule has 0 saturated heterocycles. The number of para-hydroxylation sites is 1. The van der Waals surface area contributed by atoms with Gasteiger partial charge in [0.05, 0.1) is 22.3 Å². The standard InChI is InChI=1S/C16H15Cl2N5/c1-22(10-12-7-8-14(17)15(18)9-12)11-16-19-20-21-23(16)13-5-3-2-4-6-13/h2-9H,10-11H2,1H3. The smallest absolute Gasteiger partial charge is 0.170 e. The zero-order valence-electron chi connectivity index (χ0n) is 12.5. The fourth-order valence-electron chi connectivity index (χ4n) is 2.32. The van der Waals surface area contributed by atoms with Crippen LogP contribution in [-0.2, 0) is 13.1 Å². The van der Waals surface area contributed by atoms with Crippen LogP contribution >= 0.6 is 23.2 Å². The molecule has 118 valence electrons. The number of aromatic nitrogens is 4. The lowest BCUT2D eigenvalue weighted by molar-refractivity contribution is 0.307. The van der Waals surface area contributed by atoms with Crippen LogP contribution in [-0.4, -0.2) is 32.2 Å². The Morgan fingerprint density at radius 2 is 1.78 bits per heavy atom. The zero-order chi connectivity index (χ0) is 16.2. The first-order chi connectivity index (χ1) is 11.1. The van der Waals surface area contributed by atoms with Crippen molar-refractivity contribution < 1.29 is 0 Å². The summed E-state index contributed by atoms with van der Waals surface area (Å²) in [5.74, 6) is 0.777. The van der Waals surface area contributed by atoms with E-state index in [2.05, 4.69) is 20.4 Å². The third kappa shape index (κ3) is 3.88. The van der Waals surface area contributed by atoms with Crippen molar-refractivity contribution in [2.45, 2.75) is 13.1 Å². The van der Waals surface area contributed by atoms with E-state index in [4.69, 9.17) is 23.2 Å². The average Bonchev–Trinajstić information content (AvgIpc) is 3.00. The second-order valence-electron chi connectivity index (χ2n) is 5.26. The summed E-state index contributed by atoms with van der Waals surface area (Å²) in [7, 11) is 2.01. The fourth-order valence-corrected chi connectivity index (χ4v) is 2.64. The first-order valence-electron chi connectivity index (χ1n) is 7.08. The number of rotatable bonds is 5. The van der Waals surface area contributed by atoms with Gasteiger partial charge in [-0.15, -0.1) is 5.10 Å². The van der Waals surface area contributed by atoms with Gasteiger partial charge in [-0.25, -0.2) is 0 Å². The minimum atomic E-state index is 0.561. The van der Waals surface area contributed by atoms with Crippen LogP contribution in [0.1, 0.15) is 11.4 Å². The molecule has 0 bridgehead atoms. The highest BCUT2D eigenvalue weighted by atomic mass is 35.5. The van der Waals surface area contributed by atoms with Crippen LogP contribution in [0.2, 0.25) is 10.0 Å². The van der Waals surface area contributed by atoms with E-state index in [0.29, 0.717) is 16.6 Å². The lowest BCUT2D eigenvalue weighted by Gasteiger charge is -2.16. The van der Waals surface area contributed by atoms with Gasteiger partial charge in [-0.2, -0.15) is 4.68 Å². The maximum Gasteiger partial charge on any atom is 0.170 e. The van der Waals surface area contributed by atoms with E-state index in [1.54, 1.807) is 10.7 Å². The molecule has 23 heavy (non-hydrogen) atoms. The van der Waals surface area contributed by atoms with Crippen LogP contribution in [0.3, 0.4) is 0 Å². The number of halogens is 2. The Hall–Kier alpha value is -1.95. The Labute approximate surface area is 144 Å². The summed E-state index contributed by atoms with van der Waals surface area (Å²) >= 11 is 12.0. The van der Waals surface area contributed by atoms with E-state index < -0.39 is 0 Å². The van der Waals surface area contributed by atoms with Gasteiger partial charge in [-0.1, -0.05) is 47.5 Å². The van der Waals surface area contributed by atoms with Crippen molar-refractivity contribution in [3.05, 3.63) is 70.0 Å². The quantitative estimate of drug-likeness (QED) is 0.707. The van der Waals surface area contributed by atoms with Gasteiger partial charge in [0, 0.05) is 6.54 Å². The van der Waals surface area contributed by atoms with E-state index in [1.807, 2.05) is 49.5 Å². The van der Waals surface area contributed by atoms with E-state index in [-0.39, 0.29) is 0 Å². The van der Waals surface area contributed by atoms with Crippen molar-refractivity contribution in [1.29, 1.82) is 0 Å². The van der Waals surface area contributed by atoms with Gasteiger partial charge in [-0.05, 0) is 47.3 Å². The SMILES string of the molecule is CN(Cc1ccc(Cl)c(Cl)c1)Cc1nnnn1-c1ccccc1. The molecule has 0 spiro atoms. The molecule has 0 atom stereocenters. The summed E-state index contributed by atoms with van der Waals surface area (Å²) in [5, 5.41) is 13.1. The molecule has 0 aliphatic heterocycles. The predicted octanol–water partition coefficient (Wildman–Crippen LogP) is 3.60. The maximum atomic E-state index is 6.06. The molecule has 0 amide bonds. The minimum Gasteiger partial charge on any atom is -0.295 e. The lowest BCUT2D eigenvalue weighted by atomic mass is 10.2. The Morgan fingerprint density at radius 3 is 2.52 bits per heavy atom. The van der Waals surface area contributed by atoms with Gasteiger partial charge in [-0.3, -0.25) is 4.90 Å². The molecule has 1 heterocycles.